The molecule has 0 aliphatic heterocycles. The minimum Gasteiger partial charge on any atom is -0.316 e. The molecule has 2 atom stereocenters. The first-order chi connectivity index (χ1) is 6.15. The van der Waals surface area contributed by atoms with Gasteiger partial charge >= 0.3 is 0 Å². The predicted molar refractivity (Wildman–Crippen MR) is 55.2 cm³/mol. The zero-order valence-corrected chi connectivity index (χ0v) is 8.95. The van der Waals surface area contributed by atoms with E-state index in [2.05, 4.69) is 31.7 Å². The number of nitrogens with zero attached hydrogens (tertiary/aromatic N) is 2. The molecule has 13 heavy (non-hydrogen) atoms. The van der Waals surface area contributed by atoms with Gasteiger partial charge < -0.3 is 10.6 Å². The number of rotatable bonds is 6. The summed E-state index contributed by atoms with van der Waals surface area (Å²) >= 11 is 0. The zero-order chi connectivity index (χ0) is 10.3. The molecule has 0 saturated carbocycles. The van der Waals surface area contributed by atoms with Crippen molar-refractivity contribution in [2.45, 2.75) is 45.7 Å². The molecule has 0 spiro atoms. The van der Waals surface area contributed by atoms with E-state index < -0.39 is 0 Å². The Labute approximate surface area is 81.5 Å². The molecule has 0 aliphatic rings. The van der Waals surface area contributed by atoms with Crippen LogP contribution in [0.15, 0.2) is 0 Å². The number of hydrogen-bond donors (Lipinski definition) is 1. The molecule has 0 aromatic carbocycles. The molecular formula is C10H21N3. The molecule has 3 nitrogen and oxygen atoms in total. The fourth-order valence-electron chi connectivity index (χ4n) is 1.32. The van der Waals surface area contributed by atoms with Crippen LogP contribution in [0.2, 0.25) is 0 Å². The fourth-order valence-corrected chi connectivity index (χ4v) is 1.32. The van der Waals surface area contributed by atoms with Crippen LogP contribution in [-0.2, 0) is 0 Å². The lowest BCUT2D eigenvalue weighted by Gasteiger charge is -2.27. The monoisotopic (exact) mass is 183 g/mol. The fraction of sp³-hybridized carbons (Fsp3) is 0.900. The van der Waals surface area contributed by atoms with Crippen LogP contribution in [-0.4, -0.2) is 30.1 Å². The van der Waals surface area contributed by atoms with Crippen molar-refractivity contribution in [3.8, 4) is 6.07 Å². The van der Waals surface area contributed by atoms with Gasteiger partial charge in [0, 0.05) is 12.6 Å². The van der Waals surface area contributed by atoms with Crippen LogP contribution in [0, 0.1) is 11.3 Å². The molecule has 2 unspecified atom stereocenters. The highest BCUT2D eigenvalue weighted by Gasteiger charge is 2.10. The molecule has 0 rings (SSSR count). The first-order valence-electron chi connectivity index (χ1n) is 5.04. The maximum Gasteiger partial charge on any atom is 0.0940 e. The van der Waals surface area contributed by atoms with Gasteiger partial charge in [-0.2, -0.15) is 5.26 Å². The molecule has 3 heteroatoms. The van der Waals surface area contributed by atoms with Gasteiger partial charge in [-0.05, 0) is 26.3 Å². The smallest absolute Gasteiger partial charge is 0.0940 e. The summed E-state index contributed by atoms with van der Waals surface area (Å²) in [6, 6.07) is 2.34. The SMILES string of the molecule is CCC(C)N(CC)CCC(N)C#N. The van der Waals surface area contributed by atoms with Crippen LogP contribution in [0.3, 0.4) is 0 Å². The number of nitriles is 1. The highest BCUT2D eigenvalue weighted by atomic mass is 15.1. The van der Waals surface area contributed by atoms with Crippen LogP contribution in [0.5, 0.6) is 0 Å². The van der Waals surface area contributed by atoms with Gasteiger partial charge in [0.1, 0.15) is 0 Å². The summed E-state index contributed by atoms with van der Waals surface area (Å²) in [4.78, 5) is 2.36. The summed E-state index contributed by atoms with van der Waals surface area (Å²) < 4.78 is 0. The number of hydrogen-bond acceptors (Lipinski definition) is 3. The van der Waals surface area contributed by atoms with E-state index >= 15 is 0 Å². The Morgan fingerprint density at radius 2 is 2.08 bits per heavy atom. The molecule has 0 heterocycles. The summed E-state index contributed by atoms with van der Waals surface area (Å²) in [5, 5.41) is 8.52. The molecule has 0 fully saturated rings. The van der Waals surface area contributed by atoms with Gasteiger partial charge in [-0.3, -0.25) is 0 Å². The Kier molecular flexibility index (Phi) is 6.56. The lowest BCUT2D eigenvalue weighted by atomic mass is 10.2. The maximum atomic E-state index is 8.52. The second-order valence-electron chi connectivity index (χ2n) is 3.41. The Morgan fingerprint density at radius 1 is 1.46 bits per heavy atom. The van der Waals surface area contributed by atoms with Crippen molar-refractivity contribution < 1.29 is 0 Å². The summed E-state index contributed by atoms with van der Waals surface area (Å²) in [7, 11) is 0. The Bertz CT molecular complexity index is 162. The Hall–Kier alpha value is -0.590. The minimum absolute atomic E-state index is 0.307. The Balaban J connectivity index is 3.79. The second kappa shape index (κ2) is 6.88. The molecule has 0 saturated heterocycles. The number of nitrogens with two attached hydrogens (primary N) is 1. The molecule has 0 amide bonds. The highest BCUT2D eigenvalue weighted by molar-refractivity contribution is 4.87. The first kappa shape index (κ1) is 12.4. The second-order valence-corrected chi connectivity index (χ2v) is 3.41. The average Bonchev–Trinajstić information content (AvgIpc) is 2.17. The van der Waals surface area contributed by atoms with Gasteiger partial charge in [0.15, 0.2) is 0 Å². The quantitative estimate of drug-likeness (QED) is 0.676. The molecule has 0 aromatic rings. The Morgan fingerprint density at radius 3 is 2.46 bits per heavy atom. The molecule has 76 valence electrons. The van der Waals surface area contributed by atoms with Crippen molar-refractivity contribution in [2.24, 2.45) is 5.73 Å². The van der Waals surface area contributed by atoms with E-state index in [1.807, 2.05) is 0 Å². The van der Waals surface area contributed by atoms with Gasteiger partial charge in [0.05, 0.1) is 12.1 Å². The van der Waals surface area contributed by atoms with Crippen LogP contribution in [0.1, 0.15) is 33.6 Å². The van der Waals surface area contributed by atoms with Crippen molar-refractivity contribution in [3.63, 3.8) is 0 Å². The van der Waals surface area contributed by atoms with Gasteiger partial charge in [-0.1, -0.05) is 13.8 Å². The van der Waals surface area contributed by atoms with Gasteiger partial charge in [0.25, 0.3) is 0 Å². The molecule has 0 radical (unpaired) electrons. The first-order valence-corrected chi connectivity index (χ1v) is 5.04. The molecule has 0 aliphatic carbocycles. The molecule has 2 N–H and O–H groups in total. The van der Waals surface area contributed by atoms with Crippen LogP contribution < -0.4 is 5.73 Å². The topological polar surface area (TPSA) is 53.0 Å². The summed E-state index contributed by atoms with van der Waals surface area (Å²) in [5.74, 6) is 0. The van der Waals surface area contributed by atoms with Crippen LogP contribution in [0.25, 0.3) is 0 Å². The third-order valence-electron chi connectivity index (χ3n) is 2.51. The molecular weight excluding hydrogens is 162 g/mol. The molecule has 0 aromatic heterocycles. The standard InChI is InChI=1S/C10H21N3/c1-4-9(3)13(5-2)7-6-10(12)8-11/h9-10H,4-7,12H2,1-3H3. The van der Waals surface area contributed by atoms with Gasteiger partial charge in [-0.25, -0.2) is 0 Å². The van der Waals surface area contributed by atoms with Gasteiger partial charge in [-0.15, -0.1) is 0 Å². The van der Waals surface area contributed by atoms with E-state index in [0.29, 0.717) is 6.04 Å². The summed E-state index contributed by atoms with van der Waals surface area (Å²) in [6.07, 6.45) is 1.92. The minimum atomic E-state index is -0.307. The third kappa shape index (κ3) is 4.87. The third-order valence-corrected chi connectivity index (χ3v) is 2.51. The largest absolute Gasteiger partial charge is 0.316 e. The van der Waals surface area contributed by atoms with Crippen LogP contribution >= 0.6 is 0 Å². The lowest BCUT2D eigenvalue weighted by molar-refractivity contribution is 0.210. The normalized spacial score (nSPS) is 15.4. The van der Waals surface area contributed by atoms with Crippen LogP contribution in [0.4, 0.5) is 0 Å². The summed E-state index contributed by atoms with van der Waals surface area (Å²) in [5.41, 5.74) is 5.53. The summed E-state index contributed by atoms with van der Waals surface area (Å²) in [6.45, 7) is 8.50. The van der Waals surface area contributed by atoms with E-state index in [4.69, 9.17) is 11.0 Å². The maximum absolute atomic E-state index is 8.52. The van der Waals surface area contributed by atoms with E-state index in [1.165, 1.54) is 0 Å². The average molecular weight is 183 g/mol. The van der Waals surface area contributed by atoms with E-state index in [0.717, 1.165) is 25.9 Å². The van der Waals surface area contributed by atoms with Crippen molar-refractivity contribution in [1.82, 2.24) is 4.90 Å². The van der Waals surface area contributed by atoms with E-state index in [9.17, 15) is 0 Å². The molecule has 0 bridgehead atoms. The zero-order valence-electron chi connectivity index (χ0n) is 8.95. The van der Waals surface area contributed by atoms with E-state index in [-0.39, 0.29) is 6.04 Å². The van der Waals surface area contributed by atoms with Crippen molar-refractivity contribution in [3.05, 3.63) is 0 Å². The lowest BCUT2D eigenvalue weighted by Crippen LogP contribution is -2.36. The predicted octanol–water partition coefficient (Wildman–Crippen LogP) is 1.35. The highest BCUT2D eigenvalue weighted by Crippen LogP contribution is 2.04. The van der Waals surface area contributed by atoms with Crippen molar-refractivity contribution in [1.29, 1.82) is 5.26 Å². The van der Waals surface area contributed by atoms with Crippen molar-refractivity contribution in [2.75, 3.05) is 13.1 Å². The van der Waals surface area contributed by atoms with Crippen molar-refractivity contribution >= 4 is 0 Å². The van der Waals surface area contributed by atoms with Gasteiger partial charge in [0.2, 0.25) is 0 Å². The van der Waals surface area contributed by atoms with E-state index in [1.54, 1.807) is 0 Å².